The molecule has 1 aliphatic heterocycles. The van der Waals surface area contributed by atoms with Crippen LogP contribution < -0.4 is 9.47 Å². The summed E-state index contributed by atoms with van der Waals surface area (Å²) in [5.41, 5.74) is 1.97. The van der Waals surface area contributed by atoms with E-state index in [2.05, 4.69) is 0 Å². The van der Waals surface area contributed by atoms with Crippen molar-refractivity contribution in [1.82, 2.24) is 4.90 Å². The molecule has 0 unspecified atom stereocenters. The molecule has 0 saturated carbocycles. The standard InChI is InChI=1S/C20H24FNO4/c1-14(16-4-6-17(21)7-5-16)22(2)10-18(23)12-24-11-15-3-8-19-20(9-15)26-13-25-19/h3-9,14,18,23H,10-13H2,1-2H3/t14-,18+/m0/s1. The molecular weight excluding hydrogens is 337 g/mol. The summed E-state index contributed by atoms with van der Waals surface area (Å²) >= 11 is 0. The van der Waals surface area contributed by atoms with E-state index >= 15 is 0 Å². The van der Waals surface area contributed by atoms with Crippen molar-refractivity contribution < 1.29 is 23.7 Å². The monoisotopic (exact) mass is 361 g/mol. The van der Waals surface area contributed by atoms with Crippen LogP contribution in [0.25, 0.3) is 0 Å². The average molecular weight is 361 g/mol. The lowest BCUT2D eigenvalue weighted by molar-refractivity contribution is 0.00850. The fraction of sp³-hybridized carbons (Fsp3) is 0.400. The number of aliphatic hydroxyl groups is 1. The van der Waals surface area contributed by atoms with Gasteiger partial charge in [-0.3, -0.25) is 4.90 Å². The van der Waals surface area contributed by atoms with Crippen LogP contribution in [0.1, 0.15) is 24.1 Å². The zero-order chi connectivity index (χ0) is 18.5. The molecule has 0 aromatic heterocycles. The van der Waals surface area contributed by atoms with E-state index < -0.39 is 6.10 Å². The lowest BCUT2D eigenvalue weighted by Crippen LogP contribution is -2.34. The topological polar surface area (TPSA) is 51.2 Å². The molecule has 140 valence electrons. The third-order valence-corrected chi connectivity index (χ3v) is 4.53. The molecule has 0 aliphatic carbocycles. The van der Waals surface area contributed by atoms with E-state index in [0.29, 0.717) is 13.2 Å². The molecular formula is C20H24FNO4. The van der Waals surface area contributed by atoms with Crippen molar-refractivity contribution in [3.63, 3.8) is 0 Å². The van der Waals surface area contributed by atoms with Gasteiger partial charge in [0.25, 0.3) is 0 Å². The number of hydrogen-bond acceptors (Lipinski definition) is 5. The van der Waals surface area contributed by atoms with E-state index in [1.807, 2.05) is 37.1 Å². The summed E-state index contributed by atoms with van der Waals surface area (Å²) in [4.78, 5) is 2.02. The average Bonchev–Trinajstić information content (AvgIpc) is 3.09. The van der Waals surface area contributed by atoms with Crippen LogP contribution in [0.4, 0.5) is 4.39 Å². The maximum Gasteiger partial charge on any atom is 0.231 e. The smallest absolute Gasteiger partial charge is 0.231 e. The van der Waals surface area contributed by atoms with Crippen LogP contribution in [0, 0.1) is 5.82 Å². The second-order valence-corrected chi connectivity index (χ2v) is 6.52. The molecule has 2 aromatic rings. The first-order valence-electron chi connectivity index (χ1n) is 8.63. The van der Waals surface area contributed by atoms with Crippen molar-refractivity contribution >= 4 is 0 Å². The largest absolute Gasteiger partial charge is 0.454 e. The number of aliphatic hydroxyl groups excluding tert-OH is 1. The summed E-state index contributed by atoms with van der Waals surface area (Å²) in [6, 6.07) is 12.2. The number of hydrogen-bond donors (Lipinski definition) is 1. The van der Waals surface area contributed by atoms with Gasteiger partial charge in [0.2, 0.25) is 6.79 Å². The van der Waals surface area contributed by atoms with Gasteiger partial charge in [0.1, 0.15) is 5.82 Å². The molecule has 3 rings (SSSR count). The Morgan fingerprint density at radius 2 is 1.88 bits per heavy atom. The summed E-state index contributed by atoms with van der Waals surface area (Å²) < 4.78 is 29.3. The quantitative estimate of drug-likeness (QED) is 0.783. The normalized spacial score (nSPS) is 15.3. The van der Waals surface area contributed by atoms with Crippen LogP contribution >= 0.6 is 0 Å². The van der Waals surface area contributed by atoms with Crippen molar-refractivity contribution in [2.45, 2.75) is 25.7 Å². The molecule has 0 radical (unpaired) electrons. The van der Waals surface area contributed by atoms with Crippen LogP contribution in [0.15, 0.2) is 42.5 Å². The van der Waals surface area contributed by atoms with Gasteiger partial charge in [-0.2, -0.15) is 0 Å². The van der Waals surface area contributed by atoms with Crippen molar-refractivity contribution in [3.8, 4) is 11.5 Å². The number of nitrogens with zero attached hydrogens (tertiary/aromatic N) is 1. The highest BCUT2D eigenvalue weighted by Gasteiger charge is 2.16. The van der Waals surface area contributed by atoms with Gasteiger partial charge in [0, 0.05) is 12.6 Å². The highest BCUT2D eigenvalue weighted by molar-refractivity contribution is 5.44. The number of rotatable bonds is 8. The first-order chi connectivity index (χ1) is 12.5. The van der Waals surface area contributed by atoms with E-state index in [9.17, 15) is 9.50 Å². The Morgan fingerprint density at radius 1 is 1.15 bits per heavy atom. The fourth-order valence-corrected chi connectivity index (χ4v) is 2.88. The molecule has 2 aromatic carbocycles. The number of halogens is 1. The fourth-order valence-electron chi connectivity index (χ4n) is 2.88. The van der Waals surface area contributed by atoms with Crippen LogP contribution in [0.3, 0.4) is 0 Å². The van der Waals surface area contributed by atoms with Crippen molar-refractivity contribution in [2.75, 3.05) is 27.0 Å². The second-order valence-electron chi connectivity index (χ2n) is 6.52. The van der Waals surface area contributed by atoms with Crippen molar-refractivity contribution in [2.24, 2.45) is 0 Å². The minimum absolute atomic E-state index is 0.0686. The highest BCUT2D eigenvalue weighted by Crippen LogP contribution is 2.32. The van der Waals surface area contributed by atoms with Gasteiger partial charge in [0.15, 0.2) is 11.5 Å². The first-order valence-corrected chi connectivity index (χ1v) is 8.63. The van der Waals surface area contributed by atoms with E-state index in [0.717, 1.165) is 22.6 Å². The minimum atomic E-state index is -0.614. The second kappa shape index (κ2) is 8.49. The number of fused-ring (bicyclic) bond motifs is 1. The van der Waals surface area contributed by atoms with Crippen molar-refractivity contribution in [1.29, 1.82) is 0 Å². The van der Waals surface area contributed by atoms with Gasteiger partial charge >= 0.3 is 0 Å². The van der Waals surface area contributed by atoms with E-state index in [-0.39, 0.29) is 25.3 Å². The predicted molar refractivity (Wildman–Crippen MR) is 95.7 cm³/mol. The van der Waals surface area contributed by atoms with Gasteiger partial charge in [0.05, 0.1) is 19.3 Å². The molecule has 0 fully saturated rings. The number of benzene rings is 2. The third-order valence-electron chi connectivity index (χ3n) is 4.53. The Balaban J connectivity index is 1.43. The Hall–Kier alpha value is -2.15. The highest BCUT2D eigenvalue weighted by atomic mass is 19.1. The zero-order valence-electron chi connectivity index (χ0n) is 15.0. The number of likely N-dealkylation sites (N-methyl/N-ethyl adjacent to an activating group) is 1. The molecule has 5 nitrogen and oxygen atoms in total. The van der Waals surface area contributed by atoms with E-state index in [1.165, 1.54) is 12.1 Å². The molecule has 1 heterocycles. The molecule has 0 spiro atoms. The summed E-state index contributed by atoms with van der Waals surface area (Å²) in [5, 5.41) is 10.2. The van der Waals surface area contributed by atoms with Crippen molar-refractivity contribution in [3.05, 3.63) is 59.4 Å². The van der Waals surface area contributed by atoms with Gasteiger partial charge < -0.3 is 19.3 Å². The lowest BCUT2D eigenvalue weighted by atomic mass is 10.1. The SMILES string of the molecule is C[C@@H](c1ccc(F)cc1)N(C)C[C@@H](O)COCc1ccc2c(c1)OCO2. The molecule has 0 saturated heterocycles. The third kappa shape index (κ3) is 4.72. The van der Waals surface area contributed by atoms with E-state index in [1.54, 1.807) is 12.1 Å². The van der Waals surface area contributed by atoms with Crippen LogP contribution in [-0.4, -0.2) is 43.1 Å². The Bertz CT molecular complexity index is 722. The van der Waals surface area contributed by atoms with Gasteiger partial charge in [-0.25, -0.2) is 4.39 Å². The maximum atomic E-state index is 13.0. The molecule has 1 N–H and O–H groups in total. The first kappa shape index (κ1) is 18.6. The summed E-state index contributed by atoms with van der Waals surface area (Å²) in [7, 11) is 1.93. The Labute approximate surface area is 152 Å². The molecule has 0 amide bonds. The zero-order valence-corrected chi connectivity index (χ0v) is 15.0. The lowest BCUT2D eigenvalue weighted by Gasteiger charge is -2.27. The summed E-state index contributed by atoms with van der Waals surface area (Å²) in [6.45, 7) is 3.35. The van der Waals surface area contributed by atoms with Gasteiger partial charge in [-0.1, -0.05) is 18.2 Å². The van der Waals surface area contributed by atoms with Crippen LogP contribution in [0.2, 0.25) is 0 Å². The molecule has 26 heavy (non-hydrogen) atoms. The molecule has 1 aliphatic rings. The Morgan fingerprint density at radius 3 is 2.65 bits per heavy atom. The molecule has 0 bridgehead atoms. The molecule has 2 atom stereocenters. The Kier molecular flexibility index (Phi) is 6.08. The number of ether oxygens (including phenoxy) is 3. The van der Waals surface area contributed by atoms with Crippen LogP contribution in [-0.2, 0) is 11.3 Å². The van der Waals surface area contributed by atoms with Gasteiger partial charge in [-0.05, 0) is 49.4 Å². The maximum absolute atomic E-state index is 13.0. The molecule has 6 heteroatoms. The predicted octanol–water partition coefficient (Wildman–Crippen LogP) is 3.12. The summed E-state index contributed by atoms with van der Waals surface area (Å²) in [6.07, 6.45) is -0.614. The van der Waals surface area contributed by atoms with Gasteiger partial charge in [-0.15, -0.1) is 0 Å². The van der Waals surface area contributed by atoms with E-state index in [4.69, 9.17) is 14.2 Å². The minimum Gasteiger partial charge on any atom is -0.454 e. The summed E-state index contributed by atoms with van der Waals surface area (Å²) in [5.74, 6) is 1.21. The van der Waals surface area contributed by atoms with Crippen LogP contribution in [0.5, 0.6) is 11.5 Å².